The molecular weight excluding hydrogens is 522 g/mol. The minimum absolute atomic E-state index is 0.0693. The van der Waals surface area contributed by atoms with Crippen LogP contribution in [0.1, 0.15) is 38.3 Å². The van der Waals surface area contributed by atoms with Gasteiger partial charge in [-0.2, -0.15) is 0 Å². The minimum Gasteiger partial charge on any atom is -0.352 e. The first-order valence-electron chi connectivity index (χ1n) is 12.5. The number of carbonyl (C=O) groups excluding carboxylic acids is 2. The van der Waals surface area contributed by atoms with E-state index in [9.17, 15) is 18.0 Å². The highest BCUT2D eigenvalue weighted by atomic mass is 35.5. The van der Waals surface area contributed by atoms with Crippen molar-refractivity contribution in [1.82, 2.24) is 10.2 Å². The van der Waals surface area contributed by atoms with Crippen LogP contribution in [0, 0.1) is 6.92 Å². The molecule has 0 saturated carbocycles. The summed E-state index contributed by atoms with van der Waals surface area (Å²) in [5, 5.41) is 3.47. The summed E-state index contributed by atoms with van der Waals surface area (Å²) in [6, 6.07) is 21.0. The molecule has 2 atom stereocenters. The molecule has 0 fully saturated rings. The number of halogens is 1. The second-order valence-corrected chi connectivity index (χ2v) is 11.6. The molecule has 0 radical (unpaired) electrons. The Labute approximate surface area is 230 Å². The third-order valence-electron chi connectivity index (χ3n) is 6.37. The second kappa shape index (κ2) is 12.9. The van der Waals surface area contributed by atoms with Crippen LogP contribution < -0.4 is 9.62 Å². The number of carbonyl (C=O) groups is 2. The standard InChI is InChI=1S/C29H34ClN3O4S/c1-5-22(3)31-29(35)23(4)32(19-24-13-15-25(30)16-14-24)28(34)20-33(26-9-7-6-8-10-26)38(36,37)27-17-11-21(2)12-18-27/h6-18,22-23H,5,19-20H2,1-4H3,(H,31,35)/t22-,23-/m0/s1. The summed E-state index contributed by atoms with van der Waals surface area (Å²) >= 11 is 6.03. The maximum Gasteiger partial charge on any atom is 0.264 e. The monoisotopic (exact) mass is 555 g/mol. The van der Waals surface area contributed by atoms with Crippen LogP contribution in [0.3, 0.4) is 0 Å². The molecule has 1 N–H and O–H groups in total. The van der Waals surface area contributed by atoms with E-state index in [2.05, 4.69) is 5.32 Å². The van der Waals surface area contributed by atoms with E-state index in [1.165, 1.54) is 17.0 Å². The topological polar surface area (TPSA) is 86.8 Å². The van der Waals surface area contributed by atoms with Crippen LogP contribution in [-0.2, 0) is 26.2 Å². The van der Waals surface area contributed by atoms with Crippen molar-refractivity contribution >= 4 is 39.1 Å². The number of nitrogens with one attached hydrogen (secondary N) is 1. The molecule has 0 bridgehead atoms. The van der Waals surface area contributed by atoms with Crippen molar-refractivity contribution in [2.45, 2.75) is 57.6 Å². The van der Waals surface area contributed by atoms with Gasteiger partial charge in [-0.15, -0.1) is 0 Å². The number of aryl methyl sites for hydroxylation is 1. The summed E-state index contributed by atoms with van der Waals surface area (Å²) < 4.78 is 28.6. The number of hydrogen-bond donors (Lipinski definition) is 1. The molecule has 0 unspecified atom stereocenters. The van der Waals surface area contributed by atoms with Crippen LogP contribution in [0.2, 0.25) is 5.02 Å². The Morgan fingerprint density at radius 3 is 2.11 bits per heavy atom. The number of nitrogens with zero attached hydrogens (tertiary/aromatic N) is 2. The Hall–Kier alpha value is -3.36. The number of hydrogen-bond acceptors (Lipinski definition) is 4. The van der Waals surface area contributed by atoms with Gasteiger partial charge in [-0.25, -0.2) is 8.42 Å². The molecule has 202 valence electrons. The Bertz CT molecular complexity index is 1330. The lowest BCUT2D eigenvalue weighted by Gasteiger charge is -2.32. The lowest BCUT2D eigenvalue weighted by Crippen LogP contribution is -2.52. The third-order valence-corrected chi connectivity index (χ3v) is 8.41. The van der Waals surface area contributed by atoms with Crippen molar-refractivity contribution in [2.75, 3.05) is 10.8 Å². The fourth-order valence-corrected chi connectivity index (χ4v) is 5.34. The maximum atomic E-state index is 13.8. The Kier molecular flexibility index (Phi) is 9.94. The van der Waals surface area contributed by atoms with Crippen molar-refractivity contribution in [3.05, 3.63) is 95.0 Å². The summed E-state index contributed by atoms with van der Waals surface area (Å²) in [4.78, 5) is 28.4. The largest absolute Gasteiger partial charge is 0.352 e. The lowest BCUT2D eigenvalue weighted by molar-refractivity contribution is -0.139. The van der Waals surface area contributed by atoms with E-state index in [0.717, 1.165) is 21.9 Å². The number of para-hydroxylation sites is 1. The molecule has 9 heteroatoms. The average molecular weight is 556 g/mol. The molecule has 7 nitrogen and oxygen atoms in total. The Morgan fingerprint density at radius 1 is 0.921 bits per heavy atom. The molecule has 0 aliphatic rings. The van der Waals surface area contributed by atoms with Gasteiger partial charge < -0.3 is 10.2 Å². The molecule has 3 aromatic rings. The van der Waals surface area contributed by atoms with Crippen molar-refractivity contribution in [3.8, 4) is 0 Å². The van der Waals surface area contributed by atoms with Crippen molar-refractivity contribution in [3.63, 3.8) is 0 Å². The van der Waals surface area contributed by atoms with Crippen molar-refractivity contribution < 1.29 is 18.0 Å². The molecule has 2 amide bonds. The molecule has 0 spiro atoms. The molecule has 3 rings (SSSR count). The molecule has 0 heterocycles. The van der Waals surface area contributed by atoms with Gasteiger partial charge in [0, 0.05) is 17.6 Å². The smallest absolute Gasteiger partial charge is 0.264 e. The zero-order chi connectivity index (χ0) is 27.9. The van der Waals surface area contributed by atoms with Gasteiger partial charge in [0.05, 0.1) is 10.6 Å². The van der Waals surface area contributed by atoms with E-state index < -0.39 is 28.5 Å². The van der Waals surface area contributed by atoms with Crippen LogP contribution in [0.5, 0.6) is 0 Å². The van der Waals surface area contributed by atoms with Gasteiger partial charge in [0.15, 0.2) is 0 Å². The predicted molar refractivity (Wildman–Crippen MR) is 152 cm³/mol. The van der Waals surface area contributed by atoms with Gasteiger partial charge in [-0.05, 0) is 69.2 Å². The summed E-state index contributed by atoms with van der Waals surface area (Å²) in [6.07, 6.45) is 0.736. The highest BCUT2D eigenvalue weighted by Crippen LogP contribution is 2.25. The molecule has 38 heavy (non-hydrogen) atoms. The van der Waals surface area contributed by atoms with E-state index in [4.69, 9.17) is 11.6 Å². The highest BCUT2D eigenvalue weighted by molar-refractivity contribution is 7.92. The van der Waals surface area contributed by atoms with E-state index in [-0.39, 0.29) is 23.4 Å². The maximum absolute atomic E-state index is 13.8. The molecule has 0 aliphatic heterocycles. The van der Waals surface area contributed by atoms with E-state index >= 15 is 0 Å². The van der Waals surface area contributed by atoms with Crippen molar-refractivity contribution in [1.29, 1.82) is 0 Å². The van der Waals surface area contributed by atoms with Crippen LogP contribution in [0.4, 0.5) is 5.69 Å². The molecule has 0 aliphatic carbocycles. The lowest BCUT2D eigenvalue weighted by atomic mass is 10.1. The van der Waals surface area contributed by atoms with Gasteiger partial charge in [-0.3, -0.25) is 13.9 Å². The van der Waals surface area contributed by atoms with E-state index in [1.807, 2.05) is 20.8 Å². The van der Waals surface area contributed by atoms with Gasteiger partial charge in [0.1, 0.15) is 12.6 Å². The average Bonchev–Trinajstić information content (AvgIpc) is 2.91. The number of amides is 2. The first-order valence-corrected chi connectivity index (χ1v) is 14.3. The SMILES string of the molecule is CC[C@H](C)NC(=O)[C@H](C)N(Cc1ccc(Cl)cc1)C(=O)CN(c1ccccc1)S(=O)(=O)c1ccc(C)cc1. The van der Waals surface area contributed by atoms with E-state index in [1.54, 1.807) is 73.7 Å². The van der Waals surface area contributed by atoms with Crippen LogP contribution >= 0.6 is 11.6 Å². The normalized spacial score (nSPS) is 12.9. The predicted octanol–water partition coefficient (Wildman–Crippen LogP) is 5.18. The number of sulfonamides is 1. The number of rotatable bonds is 11. The number of anilines is 1. The number of benzene rings is 3. The minimum atomic E-state index is -4.08. The fraction of sp³-hybridized carbons (Fsp3) is 0.310. The first-order chi connectivity index (χ1) is 18.0. The van der Waals surface area contributed by atoms with Crippen LogP contribution in [0.25, 0.3) is 0 Å². The van der Waals surface area contributed by atoms with Gasteiger partial charge in [-0.1, -0.05) is 66.6 Å². The fourth-order valence-electron chi connectivity index (χ4n) is 3.80. The third kappa shape index (κ3) is 7.36. The van der Waals surface area contributed by atoms with E-state index in [0.29, 0.717) is 10.7 Å². The Morgan fingerprint density at radius 2 is 1.53 bits per heavy atom. The van der Waals surface area contributed by atoms with Gasteiger partial charge in [0.2, 0.25) is 11.8 Å². The zero-order valence-corrected chi connectivity index (χ0v) is 23.7. The zero-order valence-electron chi connectivity index (χ0n) is 22.1. The van der Waals surface area contributed by atoms with Crippen molar-refractivity contribution in [2.24, 2.45) is 0 Å². The first kappa shape index (κ1) is 29.2. The molecule has 3 aromatic carbocycles. The second-order valence-electron chi connectivity index (χ2n) is 9.30. The summed E-state index contributed by atoms with van der Waals surface area (Å²) in [5.41, 5.74) is 2.03. The highest BCUT2D eigenvalue weighted by Gasteiger charge is 2.32. The summed E-state index contributed by atoms with van der Waals surface area (Å²) in [5.74, 6) is -0.819. The van der Waals surface area contributed by atoms with Crippen LogP contribution in [-0.4, -0.2) is 43.8 Å². The quantitative estimate of drug-likeness (QED) is 0.353. The molecular formula is C29H34ClN3O4S. The van der Waals surface area contributed by atoms with Gasteiger partial charge in [0.25, 0.3) is 10.0 Å². The van der Waals surface area contributed by atoms with Gasteiger partial charge >= 0.3 is 0 Å². The molecule has 0 saturated heterocycles. The summed E-state index contributed by atoms with van der Waals surface area (Å²) in [6.45, 7) is 7.00. The Balaban J connectivity index is 1.99. The summed E-state index contributed by atoms with van der Waals surface area (Å²) in [7, 11) is -4.08. The van der Waals surface area contributed by atoms with Crippen LogP contribution in [0.15, 0.2) is 83.8 Å². The molecule has 0 aromatic heterocycles.